The molecule has 0 radical (unpaired) electrons. The minimum absolute atomic E-state index is 0.0209. The van der Waals surface area contributed by atoms with Gasteiger partial charge in [-0.1, -0.05) is 26.0 Å². The van der Waals surface area contributed by atoms with E-state index in [0.29, 0.717) is 12.5 Å². The Kier molecular flexibility index (Phi) is 3.88. The molecule has 1 aromatic rings. The largest absolute Gasteiger partial charge is 0.486 e. The first-order valence-electron chi connectivity index (χ1n) is 7.77. The van der Waals surface area contributed by atoms with Crippen LogP contribution in [0.5, 0.6) is 11.5 Å². The van der Waals surface area contributed by atoms with E-state index in [-0.39, 0.29) is 12.1 Å². The summed E-state index contributed by atoms with van der Waals surface area (Å²) in [4.78, 5) is 0. The number of fused-ring (bicyclic) bond motifs is 1. The highest BCUT2D eigenvalue weighted by Crippen LogP contribution is 2.37. The summed E-state index contributed by atoms with van der Waals surface area (Å²) in [7, 11) is 0. The van der Waals surface area contributed by atoms with E-state index in [1.165, 1.54) is 19.3 Å². The van der Waals surface area contributed by atoms with E-state index in [2.05, 4.69) is 13.8 Å². The number of ether oxygens (including phenoxy) is 2. The summed E-state index contributed by atoms with van der Waals surface area (Å²) in [6.45, 7) is 5.24. The monoisotopic (exact) mass is 275 g/mol. The lowest BCUT2D eigenvalue weighted by molar-refractivity contribution is 0.0402. The van der Waals surface area contributed by atoms with Crippen LogP contribution >= 0.6 is 0 Å². The van der Waals surface area contributed by atoms with E-state index in [4.69, 9.17) is 15.2 Å². The average molecular weight is 275 g/mol. The van der Waals surface area contributed by atoms with E-state index in [0.717, 1.165) is 23.3 Å². The van der Waals surface area contributed by atoms with Crippen LogP contribution in [0.2, 0.25) is 0 Å². The van der Waals surface area contributed by atoms with Crippen molar-refractivity contribution in [2.24, 2.45) is 23.5 Å². The zero-order chi connectivity index (χ0) is 14.1. The van der Waals surface area contributed by atoms with Crippen LogP contribution in [0.3, 0.4) is 0 Å². The van der Waals surface area contributed by atoms with Crippen molar-refractivity contribution in [3.8, 4) is 11.5 Å². The molecule has 4 unspecified atom stereocenters. The van der Waals surface area contributed by atoms with Gasteiger partial charge in [-0.3, -0.25) is 0 Å². The van der Waals surface area contributed by atoms with E-state index in [9.17, 15) is 0 Å². The van der Waals surface area contributed by atoms with Gasteiger partial charge in [0.05, 0.1) is 0 Å². The van der Waals surface area contributed by atoms with Crippen LogP contribution < -0.4 is 15.2 Å². The van der Waals surface area contributed by atoms with Crippen LogP contribution in [-0.4, -0.2) is 18.8 Å². The molecule has 1 aliphatic carbocycles. The van der Waals surface area contributed by atoms with E-state index in [1.54, 1.807) is 0 Å². The highest BCUT2D eigenvalue weighted by molar-refractivity contribution is 5.40. The van der Waals surface area contributed by atoms with Crippen molar-refractivity contribution in [1.29, 1.82) is 0 Å². The molecule has 3 heteroatoms. The van der Waals surface area contributed by atoms with Crippen molar-refractivity contribution < 1.29 is 9.47 Å². The highest BCUT2D eigenvalue weighted by Gasteiger charge is 2.35. The highest BCUT2D eigenvalue weighted by atomic mass is 16.6. The molecule has 0 amide bonds. The molecule has 1 saturated carbocycles. The van der Waals surface area contributed by atoms with E-state index in [1.807, 2.05) is 24.3 Å². The lowest BCUT2D eigenvalue weighted by Gasteiger charge is -2.39. The molecule has 110 valence electrons. The van der Waals surface area contributed by atoms with Crippen molar-refractivity contribution in [3.05, 3.63) is 24.3 Å². The standard InChI is InChI=1S/C17H25NO2/c1-11-7-12(2)9-13(8-11)17(18)16-10-19-14-5-3-4-6-15(14)20-16/h3-6,11-13,16-17H,7-10,18H2,1-2H3. The Morgan fingerprint density at radius 2 is 1.70 bits per heavy atom. The van der Waals surface area contributed by atoms with E-state index >= 15 is 0 Å². The van der Waals surface area contributed by atoms with Crippen LogP contribution in [0.4, 0.5) is 0 Å². The quantitative estimate of drug-likeness (QED) is 0.901. The maximum absolute atomic E-state index is 6.50. The van der Waals surface area contributed by atoms with Gasteiger partial charge in [-0.25, -0.2) is 0 Å². The normalized spacial score (nSPS) is 34.5. The lowest BCUT2D eigenvalue weighted by atomic mass is 9.73. The number of benzene rings is 1. The van der Waals surface area contributed by atoms with Gasteiger partial charge in [-0.05, 0) is 49.1 Å². The van der Waals surface area contributed by atoms with Crippen molar-refractivity contribution in [3.63, 3.8) is 0 Å². The first-order valence-corrected chi connectivity index (χ1v) is 7.77. The van der Waals surface area contributed by atoms with Gasteiger partial charge in [0.25, 0.3) is 0 Å². The average Bonchev–Trinajstić information content (AvgIpc) is 2.45. The fourth-order valence-electron chi connectivity index (χ4n) is 3.85. The van der Waals surface area contributed by atoms with Gasteiger partial charge < -0.3 is 15.2 Å². The molecule has 0 bridgehead atoms. The van der Waals surface area contributed by atoms with Crippen LogP contribution in [0, 0.1) is 17.8 Å². The number of hydrogen-bond donors (Lipinski definition) is 1. The molecule has 2 aliphatic rings. The molecule has 1 fully saturated rings. The third-order valence-electron chi connectivity index (χ3n) is 4.72. The molecule has 0 spiro atoms. The summed E-state index contributed by atoms with van der Waals surface area (Å²) in [5.41, 5.74) is 6.50. The summed E-state index contributed by atoms with van der Waals surface area (Å²) in [5, 5.41) is 0. The van der Waals surface area contributed by atoms with Gasteiger partial charge in [0, 0.05) is 6.04 Å². The van der Waals surface area contributed by atoms with Crippen LogP contribution in [0.25, 0.3) is 0 Å². The third kappa shape index (κ3) is 2.78. The lowest BCUT2D eigenvalue weighted by Crippen LogP contribution is -2.50. The molecule has 1 aliphatic heterocycles. The number of para-hydroxylation sites is 2. The fraction of sp³-hybridized carbons (Fsp3) is 0.647. The molecule has 2 N–H and O–H groups in total. The second-order valence-corrected chi connectivity index (χ2v) is 6.67. The van der Waals surface area contributed by atoms with Gasteiger partial charge >= 0.3 is 0 Å². The first kappa shape index (κ1) is 13.7. The molecule has 1 heterocycles. The van der Waals surface area contributed by atoms with Crippen LogP contribution in [0.15, 0.2) is 24.3 Å². The van der Waals surface area contributed by atoms with Crippen LogP contribution in [-0.2, 0) is 0 Å². The Hall–Kier alpha value is -1.22. The summed E-state index contributed by atoms with van der Waals surface area (Å²) in [6.07, 6.45) is 3.74. The molecule has 1 aromatic carbocycles. The Bertz CT molecular complexity index is 452. The maximum Gasteiger partial charge on any atom is 0.161 e. The molecule has 4 atom stereocenters. The molecule has 0 saturated heterocycles. The van der Waals surface area contributed by atoms with Gasteiger partial charge in [-0.15, -0.1) is 0 Å². The maximum atomic E-state index is 6.50. The Morgan fingerprint density at radius 3 is 2.40 bits per heavy atom. The molecule has 0 aromatic heterocycles. The minimum atomic E-state index is -0.0209. The predicted octanol–water partition coefficient (Wildman–Crippen LogP) is 3.23. The van der Waals surface area contributed by atoms with Gasteiger partial charge in [0.2, 0.25) is 0 Å². The molecule has 3 rings (SSSR count). The molecule has 20 heavy (non-hydrogen) atoms. The summed E-state index contributed by atoms with van der Waals surface area (Å²) >= 11 is 0. The minimum Gasteiger partial charge on any atom is -0.486 e. The molecular formula is C17H25NO2. The number of rotatable bonds is 2. The van der Waals surface area contributed by atoms with Gasteiger partial charge in [-0.2, -0.15) is 0 Å². The van der Waals surface area contributed by atoms with Gasteiger partial charge in [0.1, 0.15) is 12.7 Å². The number of nitrogens with two attached hydrogens (primary N) is 1. The topological polar surface area (TPSA) is 44.5 Å². The summed E-state index contributed by atoms with van der Waals surface area (Å²) < 4.78 is 11.9. The molecule has 3 nitrogen and oxygen atoms in total. The Morgan fingerprint density at radius 1 is 1.05 bits per heavy atom. The second kappa shape index (κ2) is 5.65. The third-order valence-corrected chi connectivity index (χ3v) is 4.72. The SMILES string of the molecule is CC1CC(C)CC(C(N)C2COc3ccccc3O2)C1. The smallest absolute Gasteiger partial charge is 0.161 e. The fourth-order valence-corrected chi connectivity index (χ4v) is 3.85. The summed E-state index contributed by atoms with van der Waals surface area (Å²) in [6, 6.07) is 7.91. The Balaban J connectivity index is 1.68. The van der Waals surface area contributed by atoms with Gasteiger partial charge in [0.15, 0.2) is 11.5 Å². The first-order chi connectivity index (χ1) is 9.63. The van der Waals surface area contributed by atoms with Crippen molar-refractivity contribution in [2.45, 2.75) is 45.3 Å². The predicted molar refractivity (Wildman–Crippen MR) is 80.0 cm³/mol. The van der Waals surface area contributed by atoms with Crippen molar-refractivity contribution in [2.75, 3.05) is 6.61 Å². The van der Waals surface area contributed by atoms with Crippen molar-refractivity contribution in [1.82, 2.24) is 0 Å². The van der Waals surface area contributed by atoms with Crippen molar-refractivity contribution >= 4 is 0 Å². The second-order valence-electron chi connectivity index (χ2n) is 6.67. The summed E-state index contributed by atoms with van der Waals surface area (Å²) in [5.74, 6) is 3.75. The molecular weight excluding hydrogens is 250 g/mol. The van der Waals surface area contributed by atoms with E-state index < -0.39 is 0 Å². The zero-order valence-corrected chi connectivity index (χ0v) is 12.4. The Labute approximate surface area is 121 Å². The number of hydrogen-bond acceptors (Lipinski definition) is 3. The zero-order valence-electron chi connectivity index (χ0n) is 12.4. The van der Waals surface area contributed by atoms with Crippen LogP contribution in [0.1, 0.15) is 33.1 Å².